The van der Waals surface area contributed by atoms with E-state index >= 15 is 0 Å². The van der Waals surface area contributed by atoms with E-state index < -0.39 is 0 Å². The van der Waals surface area contributed by atoms with Crippen LogP contribution < -0.4 is 0 Å². The summed E-state index contributed by atoms with van der Waals surface area (Å²) in [6, 6.07) is 0. The Kier molecular flexibility index (Phi) is 3.23. The number of hydrogen-bond donors (Lipinski definition) is 1. The predicted octanol–water partition coefficient (Wildman–Crippen LogP) is 1.96. The van der Waals surface area contributed by atoms with Gasteiger partial charge in [-0.2, -0.15) is 0 Å². The standard InChI is InChI=1S/C11H20O2/c12-8-10(11-6-7-13-11)9-4-2-1-3-5-9/h9-12H,1-8H2. The lowest BCUT2D eigenvalue weighted by molar-refractivity contribution is -0.113. The predicted molar refractivity (Wildman–Crippen MR) is 51.5 cm³/mol. The molecule has 76 valence electrons. The van der Waals surface area contributed by atoms with Gasteiger partial charge in [0.15, 0.2) is 0 Å². The molecule has 2 nitrogen and oxygen atoms in total. The monoisotopic (exact) mass is 184 g/mol. The third-order valence-corrected chi connectivity index (χ3v) is 3.68. The van der Waals surface area contributed by atoms with Crippen LogP contribution >= 0.6 is 0 Å². The molecule has 2 aliphatic rings. The zero-order valence-electron chi connectivity index (χ0n) is 8.24. The number of ether oxygens (including phenoxy) is 1. The summed E-state index contributed by atoms with van der Waals surface area (Å²) in [6.07, 6.45) is 8.27. The van der Waals surface area contributed by atoms with Crippen LogP contribution in [-0.2, 0) is 4.74 Å². The molecule has 1 heterocycles. The highest BCUT2D eigenvalue weighted by Gasteiger charge is 2.34. The van der Waals surface area contributed by atoms with Crippen LogP contribution in [0.1, 0.15) is 38.5 Å². The zero-order chi connectivity index (χ0) is 9.10. The molecule has 2 rings (SSSR count). The molecule has 1 saturated carbocycles. The molecule has 0 amide bonds. The quantitative estimate of drug-likeness (QED) is 0.726. The van der Waals surface area contributed by atoms with Crippen LogP contribution in [0, 0.1) is 11.8 Å². The first-order valence-corrected chi connectivity index (χ1v) is 5.64. The molecule has 1 saturated heterocycles. The molecule has 1 N–H and O–H groups in total. The molecule has 1 aliphatic heterocycles. The molecule has 0 radical (unpaired) electrons. The smallest absolute Gasteiger partial charge is 0.0649 e. The second-order valence-corrected chi connectivity index (χ2v) is 4.44. The maximum atomic E-state index is 9.33. The number of aliphatic hydroxyl groups excluding tert-OH is 1. The van der Waals surface area contributed by atoms with Gasteiger partial charge in [-0.05, 0) is 12.3 Å². The van der Waals surface area contributed by atoms with Crippen molar-refractivity contribution in [2.24, 2.45) is 11.8 Å². The highest BCUT2D eigenvalue weighted by atomic mass is 16.5. The van der Waals surface area contributed by atoms with Gasteiger partial charge in [-0.15, -0.1) is 0 Å². The molecule has 0 spiro atoms. The van der Waals surface area contributed by atoms with E-state index in [9.17, 15) is 5.11 Å². The van der Waals surface area contributed by atoms with E-state index in [1.54, 1.807) is 0 Å². The number of aliphatic hydroxyl groups is 1. The van der Waals surface area contributed by atoms with E-state index in [2.05, 4.69) is 0 Å². The Morgan fingerprint density at radius 1 is 1.15 bits per heavy atom. The summed E-state index contributed by atoms with van der Waals surface area (Å²) in [5, 5.41) is 9.33. The third kappa shape index (κ3) is 2.05. The van der Waals surface area contributed by atoms with Crippen LogP contribution in [0.15, 0.2) is 0 Å². The molecule has 0 aromatic carbocycles. The van der Waals surface area contributed by atoms with Crippen molar-refractivity contribution in [3.05, 3.63) is 0 Å². The van der Waals surface area contributed by atoms with Crippen molar-refractivity contribution >= 4 is 0 Å². The molecule has 2 fully saturated rings. The first-order valence-electron chi connectivity index (χ1n) is 5.64. The zero-order valence-corrected chi connectivity index (χ0v) is 8.24. The largest absolute Gasteiger partial charge is 0.396 e. The Balaban J connectivity index is 1.86. The van der Waals surface area contributed by atoms with Crippen LogP contribution in [0.25, 0.3) is 0 Å². The lowest BCUT2D eigenvalue weighted by Gasteiger charge is -2.39. The highest BCUT2D eigenvalue weighted by Crippen LogP contribution is 2.35. The number of rotatable bonds is 3. The molecule has 0 aromatic heterocycles. The maximum Gasteiger partial charge on any atom is 0.0649 e. The molecule has 0 bridgehead atoms. The molecular weight excluding hydrogens is 164 g/mol. The Hall–Kier alpha value is -0.0800. The maximum absolute atomic E-state index is 9.33. The first-order chi connectivity index (χ1) is 6.42. The van der Waals surface area contributed by atoms with Crippen molar-refractivity contribution in [1.29, 1.82) is 0 Å². The van der Waals surface area contributed by atoms with Crippen molar-refractivity contribution in [2.45, 2.75) is 44.6 Å². The van der Waals surface area contributed by atoms with Gasteiger partial charge in [0, 0.05) is 19.1 Å². The van der Waals surface area contributed by atoms with Crippen molar-refractivity contribution in [3.8, 4) is 0 Å². The summed E-state index contributed by atoms with van der Waals surface area (Å²) >= 11 is 0. The topological polar surface area (TPSA) is 29.5 Å². The summed E-state index contributed by atoms with van der Waals surface area (Å²) in [6.45, 7) is 1.24. The molecule has 2 atom stereocenters. The van der Waals surface area contributed by atoms with Crippen LogP contribution in [0.4, 0.5) is 0 Å². The van der Waals surface area contributed by atoms with E-state index in [4.69, 9.17) is 4.74 Å². The summed E-state index contributed by atoms with van der Waals surface area (Å²) in [7, 11) is 0. The average Bonchev–Trinajstić information content (AvgIpc) is 2.12. The van der Waals surface area contributed by atoms with Gasteiger partial charge in [-0.25, -0.2) is 0 Å². The fraction of sp³-hybridized carbons (Fsp3) is 1.00. The molecule has 0 aromatic rings. The van der Waals surface area contributed by atoms with Gasteiger partial charge < -0.3 is 9.84 Å². The lowest BCUT2D eigenvalue weighted by Crippen LogP contribution is -2.41. The minimum Gasteiger partial charge on any atom is -0.396 e. The summed E-state index contributed by atoms with van der Waals surface area (Å²) in [4.78, 5) is 0. The van der Waals surface area contributed by atoms with Gasteiger partial charge in [0.1, 0.15) is 0 Å². The van der Waals surface area contributed by atoms with Gasteiger partial charge in [0.25, 0.3) is 0 Å². The van der Waals surface area contributed by atoms with E-state index in [0.717, 1.165) is 12.5 Å². The Bertz CT molecular complexity index is 148. The van der Waals surface area contributed by atoms with Crippen molar-refractivity contribution < 1.29 is 9.84 Å². The van der Waals surface area contributed by atoms with Crippen LogP contribution in [0.5, 0.6) is 0 Å². The summed E-state index contributed by atoms with van der Waals surface area (Å²) < 4.78 is 5.48. The van der Waals surface area contributed by atoms with Crippen LogP contribution in [-0.4, -0.2) is 24.4 Å². The number of hydrogen-bond acceptors (Lipinski definition) is 2. The summed E-state index contributed by atoms with van der Waals surface area (Å²) in [5.74, 6) is 1.18. The Labute approximate surface area is 80.3 Å². The van der Waals surface area contributed by atoms with E-state index in [0.29, 0.717) is 18.6 Å². The normalized spacial score (nSPS) is 32.5. The molecular formula is C11H20O2. The van der Waals surface area contributed by atoms with Crippen LogP contribution in [0.2, 0.25) is 0 Å². The molecule has 13 heavy (non-hydrogen) atoms. The van der Waals surface area contributed by atoms with E-state index in [1.807, 2.05) is 0 Å². The van der Waals surface area contributed by atoms with Gasteiger partial charge >= 0.3 is 0 Å². The van der Waals surface area contributed by atoms with Gasteiger partial charge in [-0.1, -0.05) is 32.1 Å². The fourth-order valence-electron chi connectivity index (χ4n) is 2.72. The SMILES string of the molecule is OCC(C1CCCCC1)C1CCO1. The van der Waals surface area contributed by atoms with Crippen molar-refractivity contribution in [1.82, 2.24) is 0 Å². The first kappa shape index (κ1) is 9.47. The minimum absolute atomic E-state index is 0.329. The summed E-state index contributed by atoms with van der Waals surface area (Å²) in [5.41, 5.74) is 0. The molecule has 2 unspecified atom stereocenters. The molecule has 2 heteroatoms. The van der Waals surface area contributed by atoms with Gasteiger partial charge in [0.05, 0.1) is 6.10 Å². The van der Waals surface area contributed by atoms with E-state index in [1.165, 1.54) is 38.5 Å². The van der Waals surface area contributed by atoms with Crippen molar-refractivity contribution in [2.75, 3.05) is 13.2 Å². The Morgan fingerprint density at radius 3 is 2.31 bits per heavy atom. The van der Waals surface area contributed by atoms with Gasteiger partial charge in [0.2, 0.25) is 0 Å². The average molecular weight is 184 g/mol. The minimum atomic E-state index is 0.329. The van der Waals surface area contributed by atoms with Crippen molar-refractivity contribution in [3.63, 3.8) is 0 Å². The lowest BCUT2D eigenvalue weighted by atomic mass is 9.76. The second kappa shape index (κ2) is 4.43. The third-order valence-electron chi connectivity index (χ3n) is 3.68. The fourth-order valence-corrected chi connectivity index (χ4v) is 2.72. The van der Waals surface area contributed by atoms with Gasteiger partial charge in [-0.3, -0.25) is 0 Å². The molecule has 1 aliphatic carbocycles. The second-order valence-electron chi connectivity index (χ2n) is 4.44. The highest BCUT2D eigenvalue weighted by molar-refractivity contribution is 4.83. The Morgan fingerprint density at radius 2 is 1.85 bits per heavy atom. The van der Waals surface area contributed by atoms with E-state index in [-0.39, 0.29) is 0 Å². The van der Waals surface area contributed by atoms with Crippen LogP contribution in [0.3, 0.4) is 0 Å².